The topological polar surface area (TPSA) is 98.0 Å². The van der Waals surface area contributed by atoms with Crippen LogP contribution in [0.15, 0.2) is 112 Å². The Morgan fingerprint density at radius 2 is 1.67 bits per heavy atom. The lowest BCUT2D eigenvalue weighted by Crippen LogP contribution is -2.57. The molecule has 4 aromatic rings. The Balaban J connectivity index is 0.898. The Hall–Kier alpha value is -5.41. The first kappa shape index (κ1) is 42.7. The number of aliphatic hydroxyl groups excluding tert-OH is 1. The second kappa shape index (κ2) is 18.9. The highest BCUT2D eigenvalue weighted by molar-refractivity contribution is 5.75. The molecule has 4 aromatic carbocycles. The summed E-state index contributed by atoms with van der Waals surface area (Å²) in [5, 5.41) is 23.6. The summed E-state index contributed by atoms with van der Waals surface area (Å²) in [7, 11) is 3.59. The Morgan fingerprint density at radius 1 is 1.00 bits per heavy atom. The van der Waals surface area contributed by atoms with Crippen LogP contribution >= 0.6 is 0 Å². The molecule has 3 aliphatic rings. The Morgan fingerprint density at radius 3 is 2.28 bits per heavy atom. The highest BCUT2D eigenvalue weighted by Gasteiger charge is 2.47. The van der Waals surface area contributed by atoms with E-state index in [1.165, 1.54) is 23.5 Å². The predicted molar refractivity (Wildman–Crippen MR) is 234 cm³/mol. The van der Waals surface area contributed by atoms with Crippen molar-refractivity contribution in [1.29, 1.82) is 0 Å². The van der Waals surface area contributed by atoms with Crippen LogP contribution in [0.3, 0.4) is 0 Å². The number of anilines is 2. The zero-order valence-electron chi connectivity index (χ0n) is 35.0. The summed E-state index contributed by atoms with van der Waals surface area (Å²) in [6.07, 6.45) is 3.53. The average molecular weight is 824 g/mol. The first-order valence-electron chi connectivity index (χ1n) is 20.7. The van der Waals surface area contributed by atoms with Gasteiger partial charge in [-0.1, -0.05) is 43.3 Å². The molecule has 0 radical (unpaired) electrons. The zero-order chi connectivity index (χ0) is 42.3. The fourth-order valence-electron chi connectivity index (χ4n) is 8.54. The van der Waals surface area contributed by atoms with Gasteiger partial charge in [0.05, 0.1) is 45.6 Å². The van der Waals surface area contributed by atoms with E-state index in [4.69, 9.17) is 19.3 Å². The van der Waals surface area contributed by atoms with E-state index >= 15 is 4.39 Å². The summed E-state index contributed by atoms with van der Waals surface area (Å²) in [5.41, 5.74) is 3.51. The Labute approximate surface area is 352 Å². The van der Waals surface area contributed by atoms with Crippen LogP contribution in [0, 0.1) is 17.6 Å². The van der Waals surface area contributed by atoms with Crippen molar-refractivity contribution in [3.8, 4) is 5.75 Å². The molecule has 0 amide bonds. The van der Waals surface area contributed by atoms with Crippen molar-refractivity contribution in [1.82, 2.24) is 14.5 Å². The van der Waals surface area contributed by atoms with E-state index in [2.05, 4.69) is 82.1 Å². The Bertz CT molecular complexity index is 2090. The van der Waals surface area contributed by atoms with Gasteiger partial charge in [-0.15, -0.1) is 5.10 Å². The second-order valence-corrected chi connectivity index (χ2v) is 16.0. The number of halogens is 2. The van der Waals surface area contributed by atoms with E-state index in [9.17, 15) is 9.50 Å². The molecule has 7 rings (SSSR count). The van der Waals surface area contributed by atoms with E-state index in [1.54, 1.807) is 12.1 Å². The molecular formula is C46H57F2N8O4+. The van der Waals surface area contributed by atoms with Gasteiger partial charge in [0.15, 0.2) is 0 Å². The minimum atomic E-state index is -1.08. The lowest BCUT2D eigenvalue weighted by molar-refractivity contribution is -0.106. The number of benzene rings is 4. The fraction of sp³-hybridized carbons (Fsp3) is 0.413. The number of aliphatic imine (C=N–C) groups is 1. The number of hydrazone groups is 2. The van der Waals surface area contributed by atoms with Crippen molar-refractivity contribution < 1.29 is 28.1 Å². The molecule has 3 aliphatic heterocycles. The van der Waals surface area contributed by atoms with Crippen LogP contribution in [0.25, 0.3) is 0 Å². The maximum Gasteiger partial charge on any atom is 0.300 e. The van der Waals surface area contributed by atoms with Crippen LogP contribution in [0.5, 0.6) is 5.75 Å². The Kier molecular flexibility index (Phi) is 13.4. The summed E-state index contributed by atoms with van der Waals surface area (Å²) in [6, 6.07) is 30.1. The standard InChI is InChI=1S/C46H57F2N8O4/c1-6-44(34(2)58-28-35-10-8-7-9-11-35)55-45(57)56(5,33-51-55)40-17-13-38(14-18-40)52-22-24-53(25-23-52)39-15-19-41(20-16-39)59-29-36-27-46(60-30-36,31-54(50-4)32-49-3)42-21-12-37(47)26-43(42)48/h7-21,26,32-34,36,44-45,57H,4,6,22-25,27-31H2,1-3,5H3/q+1. The van der Waals surface area contributed by atoms with Gasteiger partial charge in [-0.25, -0.2) is 18.3 Å². The predicted octanol–water partition coefficient (Wildman–Crippen LogP) is 7.03. The summed E-state index contributed by atoms with van der Waals surface area (Å²) in [4.78, 5) is 8.78. The third-order valence-corrected chi connectivity index (χ3v) is 12.0. The van der Waals surface area contributed by atoms with E-state index in [0.29, 0.717) is 26.2 Å². The summed E-state index contributed by atoms with van der Waals surface area (Å²) in [5.74, 6) is -0.622. The molecule has 0 aromatic heterocycles. The number of quaternary nitrogens is 1. The fourth-order valence-corrected chi connectivity index (χ4v) is 8.54. The number of aliphatic hydroxyl groups is 1. The monoisotopic (exact) mass is 823 g/mol. The van der Waals surface area contributed by atoms with Crippen molar-refractivity contribution >= 4 is 36.5 Å². The van der Waals surface area contributed by atoms with Gasteiger partial charge in [-0.05, 0) is 67.8 Å². The molecule has 0 aliphatic carbocycles. The van der Waals surface area contributed by atoms with Crippen LogP contribution in [0.2, 0.25) is 0 Å². The van der Waals surface area contributed by atoms with E-state index in [-0.39, 0.29) is 34.7 Å². The van der Waals surface area contributed by atoms with Gasteiger partial charge in [0.1, 0.15) is 35.0 Å². The van der Waals surface area contributed by atoms with Crippen LogP contribution in [0.4, 0.5) is 25.8 Å². The van der Waals surface area contributed by atoms with Gasteiger partial charge in [-0.2, -0.15) is 5.10 Å². The molecule has 6 unspecified atom stereocenters. The number of nitrogens with zero attached hydrogens (tertiary/aromatic N) is 8. The van der Waals surface area contributed by atoms with Crippen molar-refractivity contribution in [2.45, 2.75) is 57.4 Å². The molecule has 60 heavy (non-hydrogen) atoms. The van der Waals surface area contributed by atoms with E-state index < -0.39 is 23.6 Å². The molecule has 2 saturated heterocycles. The highest BCUT2D eigenvalue weighted by Crippen LogP contribution is 2.42. The molecule has 12 nitrogen and oxygen atoms in total. The number of ether oxygens (including phenoxy) is 3. The van der Waals surface area contributed by atoms with Crippen LogP contribution in [-0.4, -0.2) is 113 Å². The first-order chi connectivity index (χ1) is 29.1. The smallest absolute Gasteiger partial charge is 0.300 e. The van der Waals surface area contributed by atoms with Gasteiger partial charge in [-0.3, -0.25) is 10.0 Å². The molecule has 6 atom stereocenters. The molecule has 0 spiro atoms. The maximum atomic E-state index is 15.1. The zero-order valence-corrected chi connectivity index (χ0v) is 35.0. The van der Waals surface area contributed by atoms with Crippen molar-refractivity contribution in [2.75, 3.05) is 69.8 Å². The number of piperazine rings is 1. The largest absolute Gasteiger partial charge is 0.493 e. The summed E-state index contributed by atoms with van der Waals surface area (Å²) >= 11 is 0. The lowest BCUT2D eigenvalue weighted by atomic mass is 9.86. The third kappa shape index (κ3) is 9.31. The molecule has 14 heteroatoms. The lowest BCUT2D eigenvalue weighted by Gasteiger charge is -2.38. The van der Waals surface area contributed by atoms with Crippen LogP contribution in [0.1, 0.15) is 37.8 Å². The van der Waals surface area contributed by atoms with Crippen molar-refractivity contribution in [2.24, 2.45) is 21.1 Å². The molecular weight excluding hydrogens is 767 g/mol. The third-order valence-electron chi connectivity index (χ3n) is 12.0. The van der Waals surface area contributed by atoms with Gasteiger partial charge in [0.25, 0.3) is 6.35 Å². The second-order valence-electron chi connectivity index (χ2n) is 16.0. The van der Waals surface area contributed by atoms with Gasteiger partial charge in [0, 0.05) is 81.0 Å². The molecule has 3 heterocycles. The SMILES string of the molecule is C=NN(C=NC)CC1(c2ccc(F)cc2F)CC(COc2ccc(N3CCN(c4ccc([N+]5(C)C=NN(C(CC)C(C)OCc6ccccc6)C5O)cc4)CC3)cc2)CO1. The summed E-state index contributed by atoms with van der Waals surface area (Å²) in [6.45, 7) is 12.6. The van der Waals surface area contributed by atoms with Gasteiger partial charge >= 0.3 is 0 Å². The van der Waals surface area contributed by atoms with Gasteiger partial charge in [0.2, 0.25) is 6.34 Å². The van der Waals surface area contributed by atoms with Crippen molar-refractivity contribution in [3.63, 3.8) is 0 Å². The van der Waals surface area contributed by atoms with E-state index in [0.717, 1.165) is 67.0 Å². The highest BCUT2D eigenvalue weighted by atomic mass is 19.1. The molecule has 1 N–H and O–H groups in total. The van der Waals surface area contributed by atoms with Gasteiger partial charge < -0.3 is 29.1 Å². The quantitative estimate of drug-likeness (QED) is 0.0525. The maximum absolute atomic E-state index is 15.1. The number of hydrogen-bond acceptors (Lipinski definition) is 10. The molecule has 318 valence electrons. The molecule has 0 bridgehead atoms. The minimum Gasteiger partial charge on any atom is -0.493 e. The van der Waals surface area contributed by atoms with E-state index in [1.807, 2.05) is 50.6 Å². The van der Waals surface area contributed by atoms with Crippen molar-refractivity contribution in [3.05, 3.63) is 120 Å². The average Bonchev–Trinajstić information content (AvgIpc) is 3.83. The first-order valence-corrected chi connectivity index (χ1v) is 20.7. The number of hydrogen-bond donors (Lipinski definition) is 1. The van der Waals surface area contributed by atoms with Crippen LogP contribution < -0.4 is 19.0 Å². The molecule has 0 saturated carbocycles. The molecule has 2 fully saturated rings. The number of rotatable bonds is 17. The van der Waals surface area contributed by atoms with Crippen LogP contribution in [-0.2, 0) is 21.7 Å². The minimum absolute atomic E-state index is 0.0398. The summed E-state index contributed by atoms with van der Waals surface area (Å²) < 4.78 is 47.8. The normalized spacial score (nSPS) is 23.9.